The molecule has 0 spiro atoms. The summed E-state index contributed by atoms with van der Waals surface area (Å²) in [5.41, 5.74) is 6.81. The van der Waals surface area contributed by atoms with Gasteiger partial charge in [-0.1, -0.05) is 39.0 Å². The molecule has 6 heteroatoms. The summed E-state index contributed by atoms with van der Waals surface area (Å²) >= 11 is 1.53. The number of thioether (sulfide) groups is 1. The van der Waals surface area contributed by atoms with Gasteiger partial charge < -0.3 is 4.98 Å². The zero-order valence-corrected chi connectivity index (χ0v) is 13.8. The number of para-hydroxylation sites is 1. The predicted molar refractivity (Wildman–Crippen MR) is 90.5 cm³/mol. The molecule has 2 amide bonds. The van der Waals surface area contributed by atoms with Crippen LogP contribution in [0.25, 0.3) is 10.9 Å². The van der Waals surface area contributed by atoms with Crippen LogP contribution in [0.15, 0.2) is 30.5 Å². The molecule has 0 saturated carbocycles. The Labute approximate surface area is 134 Å². The average molecular weight is 319 g/mol. The molecule has 5 nitrogen and oxygen atoms in total. The third-order valence-electron chi connectivity index (χ3n) is 3.00. The topological polar surface area (TPSA) is 74.0 Å². The van der Waals surface area contributed by atoms with E-state index in [1.54, 1.807) is 0 Å². The monoisotopic (exact) mass is 319 g/mol. The Morgan fingerprint density at radius 2 is 1.82 bits per heavy atom. The van der Waals surface area contributed by atoms with E-state index in [1.165, 1.54) is 11.8 Å². The summed E-state index contributed by atoms with van der Waals surface area (Å²) in [6.45, 7) is 6.13. The second kappa shape index (κ2) is 6.87. The zero-order chi connectivity index (χ0) is 16.2. The predicted octanol–water partition coefficient (Wildman–Crippen LogP) is 2.39. The van der Waals surface area contributed by atoms with Crippen molar-refractivity contribution < 1.29 is 9.59 Å². The van der Waals surface area contributed by atoms with Gasteiger partial charge in [-0.15, -0.1) is 11.8 Å². The lowest BCUT2D eigenvalue weighted by atomic mass is 10.1. The molecule has 0 aliphatic rings. The number of carbonyl (C=O) groups is 2. The smallest absolute Gasteiger partial charge is 0.248 e. The number of nitrogens with one attached hydrogen (secondary N) is 3. The van der Waals surface area contributed by atoms with Crippen LogP contribution in [0.3, 0.4) is 0 Å². The first-order chi connectivity index (χ1) is 10.3. The summed E-state index contributed by atoms with van der Waals surface area (Å²) in [5, 5.41) is 1.02. The Morgan fingerprint density at radius 3 is 2.55 bits per heavy atom. The van der Waals surface area contributed by atoms with Gasteiger partial charge in [0.05, 0.1) is 12.2 Å². The number of hydrazine groups is 1. The molecular formula is C16H21N3O2S. The molecule has 22 heavy (non-hydrogen) atoms. The summed E-state index contributed by atoms with van der Waals surface area (Å²) in [4.78, 5) is 26.7. The minimum atomic E-state index is -0.237. The zero-order valence-electron chi connectivity index (χ0n) is 13.0. The molecule has 0 saturated heterocycles. The average Bonchev–Trinajstić information content (AvgIpc) is 2.85. The maximum absolute atomic E-state index is 11.9. The molecule has 1 aromatic heterocycles. The van der Waals surface area contributed by atoms with Gasteiger partial charge in [0, 0.05) is 21.8 Å². The number of rotatable bonds is 4. The van der Waals surface area contributed by atoms with E-state index in [9.17, 15) is 9.59 Å². The minimum absolute atomic E-state index is 0.0192. The Kier molecular flexibility index (Phi) is 5.13. The number of carbonyl (C=O) groups excluding carboxylic acids is 2. The first-order valence-electron chi connectivity index (χ1n) is 7.12. The largest absolute Gasteiger partial charge is 0.361 e. The van der Waals surface area contributed by atoms with Crippen molar-refractivity contribution in [1.29, 1.82) is 0 Å². The highest BCUT2D eigenvalue weighted by atomic mass is 32.2. The molecule has 118 valence electrons. The third kappa shape index (κ3) is 4.80. The number of hydrogen-bond acceptors (Lipinski definition) is 3. The molecule has 0 bridgehead atoms. The van der Waals surface area contributed by atoms with Gasteiger partial charge >= 0.3 is 0 Å². The second-order valence-corrected chi connectivity index (χ2v) is 7.84. The van der Waals surface area contributed by atoms with Crippen LogP contribution in [0.1, 0.15) is 26.3 Å². The van der Waals surface area contributed by atoms with E-state index in [0.29, 0.717) is 5.75 Å². The van der Waals surface area contributed by atoms with Crippen LogP contribution in [0.2, 0.25) is 0 Å². The highest BCUT2D eigenvalue weighted by Crippen LogP contribution is 2.22. The first kappa shape index (κ1) is 16.4. The molecular weight excluding hydrogens is 298 g/mol. The normalized spacial score (nSPS) is 11.4. The van der Waals surface area contributed by atoms with E-state index in [1.807, 2.05) is 51.2 Å². The standard InChI is InChI=1S/C16H21N3O2S/c1-16(2,3)22-10-15(21)19-18-14(20)8-11-9-17-13-7-5-4-6-12(11)13/h4-7,9,17H,8,10H2,1-3H3,(H,18,20)(H,19,21). The number of aromatic nitrogens is 1. The van der Waals surface area contributed by atoms with E-state index in [0.717, 1.165) is 16.5 Å². The summed E-state index contributed by atoms with van der Waals surface area (Å²) in [6, 6.07) is 7.80. The van der Waals surface area contributed by atoms with Gasteiger partial charge in [-0.3, -0.25) is 20.4 Å². The lowest BCUT2D eigenvalue weighted by molar-refractivity contribution is -0.127. The Balaban J connectivity index is 1.82. The fourth-order valence-corrected chi connectivity index (χ4v) is 2.59. The van der Waals surface area contributed by atoms with Crippen LogP contribution in [-0.2, 0) is 16.0 Å². The lowest BCUT2D eigenvalue weighted by Gasteiger charge is -2.17. The van der Waals surface area contributed by atoms with Crippen molar-refractivity contribution >= 4 is 34.5 Å². The maximum Gasteiger partial charge on any atom is 0.248 e. The molecule has 0 aliphatic carbocycles. The number of amides is 2. The molecule has 0 atom stereocenters. The number of aromatic amines is 1. The van der Waals surface area contributed by atoms with E-state index in [2.05, 4.69) is 15.8 Å². The molecule has 1 aromatic carbocycles. The van der Waals surface area contributed by atoms with Crippen molar-refractivity contribution in [1.82, 2.24) is 15.8 Å². The molecule has 0 radical (unpaired) electrons. The number of fused-ring (bicyclic) bond motifs is 1. The van der Waals surface area contributed by atoms with Crippen molar-refractivity contribution in [3.63, 3.8) is 0 Å². The first-order valence-corrected chi connectivity index (χ1v) is 8.10. The van der Waals surface area contributed by atoms with Gasteiger partial charge in [-0.25, -0.2) is 0 Å². The lowest BCUT2D eigenvalue weighted by Crippen LogP contribution is -2.43. The highest BCUT2D eigenvalue weighted by molar-refractivity contribution is 8.01. The fraction of sp³-hybridized carbons (Fsp3) is 0.375. The van der Waals surface area contributed by atoms with Gasteiger partial charge in [-0.2, -0.15) is 0 Å². The van der Waals surface area contributed by atoms with Gasteiger partial charge in [0.15, 0.2) is 0 Å². The SMILES string of the molecule is CC(C)(C)SCC(=O)NNC(=O)Cc1c[nH]c2ccccc12. The van der Waals surface area contributed by atoms with Crippen molar-refractivity contribution in [3.8, 4) is 0 Å². The Bertz CT molecular complexity index is 673. The van der Waals surface area contributed by atoms with E-state index < -0.39 is 0 Å². The van der Waals surface area contributed by atoms with Crippen LogP contribution in [0.4, 0.5) is 0 Å². The van der Waals surface area contributed by atoms with Crippen molar-refractivity contribution in [2.24, 2.45) is 0 Å². The van der Waals surface area contributed by atoms with Gasteiger partial charge in [0.25, 0.3) is 0 Å². The minimum Gasteiger partial charge on any atom is -0.361 e. The Hall–Kier alpha value is -1.95. The number of hydrogen-bond donors (Lipinski definition) is 3. The summed E-state index contributed by atoms with van der Waals surface area (Å²) < 4.78 is 0.0192. The number of H-pyrrole nitrogens is 1. The highest BCUT2D eigenvalue weighted by Gasteiger charge is 2.14. The summed E-state index contributed by atoms with van der Waals surface area (Å²) in [5.74, 6) is -0.122. The molecule has 2 aromatic rings. The third-order valence-corrected chi connectivity index (χ3v) is 4.28. The molecule has 1 heterocycles. The second-order valence-electron chi connectivity index (χ2n) is 6.03. The van der Waals surface area contributed by atoms with E-state index >= 15 is 0 Å². The molecule has 2 rings (SSSR count). The number of benzene rings is 1. The molecule has 0 aliphatic heterocycles. The van der Waals surface area contributed by atoms with E-state index in [4.69, 9.17) is 0 Å². The summed E-state index contributed by atoms with van der Waals surface area (Å²) in [7, 11) is 0. The van der Waals surface area contributed by atoms with E-state index in [-0.39, 0.29) is 23.0 Å². The van der Waals surface area contributed by atoms with Crippen LogP contribution in [0, 0.1) is 0 Å². The van der Waals surface area contributed by atoms with Crippen LogP contribution < -0.4 is 10.9 Å². The van der Waals surface area contributed by atoms with Crippen molar-refractivity contribution in [2.75, 3.05) is 5.75 Å². The van der Waals surface area contributed by atoms with Gasteiger partial charge in [0.2, 0.25) is 11.8 Å². The molecule has 3 N–H and O–H groups in total. The Morgan fingerprint density at radius 1 is 1.14 bits per heavy atom. The van der Waals surface area contributed by atoms with Crippen molar-refractivity contribution in [2.45, 2.75) is 31.9 Å². The maximum atomic E-state index is 11.9. The quantitative estimate of drug-likeness (QED) is 0.758. The fourth-order valence-electron chi connectivity index (χ4n) is 1.95. The molecule has 0 fully saturated rings. The van der Waals surface area contributed by atoms with Crippen LogP contribution in [0.5, 0.6) is 0 Å². The van der Waals surface area contributed by atoms with Crippen LogP contribution >= 0.6 is 11.8 Å². The van der Waals surface area contributed by atoms with Gasteiger partial charge in [0.1, 0.15) is 0 Å². The summed E-state index contributed by atoms with van der Waals surface area (Å²) in [6.07, 6.45) is 2.04. The van der Waals surface area contributed by atoms with Crippen molar-refractivity contribution in [3.05, 3.63) is 36.0 Å². The van der Waals surface area contributed by atoms with Gasteiger partial charge in [-0.05, 0) is 11.6 Å². The molecule has 0 unspecified atom stereocenters. The van der Waals surface area contributed by atoms with Crippen LogP contribution in [-0.4, -0.2) is 27.3 Å².